The summed E-state index contributed by atoms with van der Waals surface area (Å²) in [6.07, 6.45) is -7.89. The fourth-order valence-electron chi connectivity index (χ4n) is 2.98. The quantitative estimate of drug-likeness (QED) is 0.769. The van der Waals surface area contributed by atoms with Crippen LogP contribution in [0.4, 0.5) is 31.1 Å². The van der Waals surface area contributed by atoms with Crippen molar-refractivity contribution in [3.8, 4) is 0 Å². The Balaban J connectivity index is 1.82. The Labute approximate surface area is 146 Å². The van der Waals surface area contributed by atoms with Crippen molar-refractivity contribution < 1.29 is 31.1 Å². The average molecular weight is 383 g/mol. The molecule has 1 saturated carbocycles. The summed E-state index contributed by atoms with van der Waals surface area (Å²) in [5.41, 5.74) is 0.253. The molecule has 26 heavy (non-hydrogen) atoms. The molecule has 0 spiro atoms. The Morgan fingerprint density at radius 1 is 1.19 bits per heavy atom. The highest BCUT2D eigenvalue weighted by Gasteiger charge is 2.42. The van der Waals surface area contributed by atoms with E-state index in [-0.39, 0.29) is 25.1 Å². The molecule has 4 nitrogen and oxygen atoms in total. The second kappa shape index (κ2) is 8.13. The number of nitrogens with zero attached hydrogens (tertiary/aromatic N) is 1. The van der Waals surface area contributed by atoms with Crippen molar-refractivity contribution in [2.45, 2.75) is 57.0 Å². The summed E-state index contributed by atoms with van der Waals surface area (Å²) in [6, 6.07) is 1.47. The third kappa shape index (κ3) is 6.72. The Morgan fingerprint density at radius 3 is 2.58 bits per heavy atom. The van der Waals surface area contributed by atoms with Gasteiger partial charge in [0, 0.05) is 24.5 Å². The van der Waals surface area contributed by atoms with E-state index in [1.807, 2.05) is 0 Å². The highest BCUT2D eigenvalue weighted by molar-refractivity contribution is 5.74. The van der Waals surface area contributed by atoms with Crippen molar-refractivity contribution >= 4 is 6.03 Å². The van der Waals surface area contributed by atoms with Crippen LogP contribution in [0, 0.1) is 5.92 Å². The molecule has 0 aliphatic heterocycles. The predicted molar refractivity (Wildman–Crippen MR) is 81.2 cm³/mol. The zero-order valence-electron chi connectivity index (χ0n) is 13.8. The number of hydrogen-bond acceptors (Lipinski definition) is 2. The lowest BCUT2D eigenvalue weighted by Crippen LogP contribution is -2.45. The van der Waals surface area contributed by atoms with E-state index in [0.717, 1.165) is 0 Å². The molecule has 0 bridgehead atoms. The molecule has 2 atom stereocenters. The first-order valence-corrected chi connectivity index (χ1v) is 8.14. The molecule has 1 aliphatic carbocycles. The van der Waals surface area contributed by atoms with Gasteiger partial charge in [-0.05, 0) is 37.0 Å². The van der Waals surface area contributed by atoms with Gasteiger partial charge in [0.05, 0.1) is 12.3 Å². The average Bonchev–Trinajstić information content (AvgIpc) is 2.51. The highest BCUT2D eigenvalue weighted by atomic mass is 19.4. The lowest BCUT2D eigenvalue weighted by atomic mass is 9.85. The summed E-state index contributed by atoms with van der Waals surface area (Å²) in [5.74, 6) is -1.42. The zero-order valence-corrected chi connectivity index (χ0v) is 13.8. The minimum absolute atomic E-state index is 0.0470. The van der Waals surface area contributed by atoms with Crippen LogP contribution < -0.4 is 10.6 Å². The minimum atomic E-state index is -4.38. The van der Waals surface area contributed by atoms with Gasteiger partial charge in [0.2, 0.25) is 0 Å². The van der Waals surface area contributed by atoms with Crippen molar-refractivity contribution in [3.63, 3.8) is 0 Å². The molecule has 2 amide bonds. The highest BCUT2D eigenvalue weighted by Crippen LogP contribution is 2.37. The standard InChI is InChI=1S/C16H19F6N3O/c17-15(18,19)8-13-6-10(4-5-23-13)9-24-14(26)25-12-3-1-2-11(7-12)16(20,21)22/h4-6,11-12H,1-3,7-9H2,(H2,24,25,26)/t11-,12?/m1/s1. The van der Waals surface area contributed by atoms with E-state index in [9.17, 15) is 31.1 Å². The van der Waals surface area contributed by atoms with Gasteiger partial charge in [0.25, 0.3) is 0 Å². The van der Waals surface area contributed by atoms with Gasteiger partial charge < -0.3 is 10.6 Å². The van der Waals surface area contributed by atoms with E-state index in [1.54, 1.807) is 0 Å². The number of urea groups is 1. The van der Waals surface area contributed by atoms with Crippen LogP contribution >= 0.6 is 0 Å². The molecule has 2 rings (SSSR count). The lowest BCUT2D eigenvalue weighted by molar-refractivity contribution is -0.183. The molecule has 0 saturated heterocycles. The molecule has 1 aromatic heterocycles. The number of halogens is 6. The maximum atomic E-state index is 12.8. The van der Waals surface area contributed by atoms with Gasteiger partial charge in [-0.3, -0.25) is 4.98 Å². The smallest absolute Gasteiger partial charge is 0.335 e. The first-order chi connectivity index (χ1) is 12.0. The number of aromatic nitrogens is 1. The maximum Gasteiger partial charge on any atom is 0.394 e. The maximum absolute atomic E-state index is 12.8. The van der Waals surface area contributed by atoms with E-state index in [4.69, 9.17) is 0 Å². The van der Waals surface area contributed by atoms with Crippen molar-refractivity contribution in [1.29, 1.82) is 0 Å². The van der Waals surface area contributed by atoms with E-state index < -0.39 is 36.8 Å². The van der Waals surface area contributed by atoms with E-state index in [0.29, 0.717) is 18.4 Å². The summed E-state index contributed by atoms with van der Waals surface area (Å²) >= 11 is 0. The fraction of sp³-hybridized carbons (Fsp3) is 0.625. The van der Waals surface area contributed by atoms with Crippen LogP contribution in [0.15, 0.2) is 18.3 Å². The molecular formula is C16H19F6N3O. The number of alkyl halides is 6. The summed E-state index contributed by atoms with van der Waals surface area (Å²) in [4.78, 5) is 15.5. The van der Waals surface area contributed by atoms with Crippen LogP contribution in [0.1, 0.15) is 36.9 Å². The molecule has 1 heterocycles. The van der Waals surface area contributed by atoms with E-state index >= 15 is 0 Å². The second-order valence-electron chi connectivity index (χ2n) is 6.38. The third-order valence-corrected chi connectivity index (χ3v) is 4.19. The molecule has 10 heteroatoms. The summed E-state index contributed by atoms with van der Waals surface area (Å²) < 4.78 is 75.4. The minimum Gasteiger partial charge on any atom is -0.335 e. The number of carbonyl (C=O) groups excluding carboxylic acids is 1. The molecule has 146 valence electrons. The number of hydrogen-bond donors (Lipinski definition) is 2. The summed E-state index contributed by atoms with van der Waals surface area (Å²) in [5, 5.41) is 4.95. The summed E-state index contributed by atoms with van der Waals surface area (Å²) in [6.45, 7) is -0.0470. The number of nitrogens with one attached hydrogen (secondary N) is 2. The number of amides is 2. The summed E-state index contributed by atoms with van der Waals surface area (Å²) in [7, 11) is 0. The number of carbonyl (C=O) groups is 1. The van der Waals surface area contributed by atoms with Crippen molar-refractivity contribution in [2.75, 3.05) is 0 Å². The van der Waals surface area contributed by atoms with E-state index in [2.05, 4.69) is 15.6 Å². The SMILES string of the molecule is O=C(NCc1ccnc(CC(F)(F)F)c1)NC1CCC[C@@H](C(F)(F)F)C1. The topological polar surface area (TPSA) is 54.0 Å². The first-order valence-electron chi connectivity index (χ1n) is 8.14. The monoisotopic (exact) mass is 383 g/mol. The van der Waals surface area contributed by atoms with Crippen LogP contribution in [-0.4, -0.2) is 29.4 Å². The van der Waals surface area contributed by atoms with Gasteiger partial charge in [0.1, 0.15) is 0 Å². The lowest BCUT2D eigenvalue weighted by Gasteiger charge is -2.31. The number of rotatable bonds is 4. The molecule has 1 aliphatic rings. The Hall–Kier alpha value is -2.00. The molecule has 2 N–H and O–H groups in total. The van der Waals surface area contributed by atoms with Crippen molar-refractivity contribution in [1.82, 2.24) is 15.6 Å². The zero-order chi connectivity index (χ0) is 19.4. The van der Waals surface area contributed by atoms with Gasteiger partial charge in [-0.25, -0.2) is 4.79 Å². The largest absolute Gasteiger partial charge is 0.394 e. The fourth-order valence-corrected chi connectivity index (χ4v) is 2.98. The van der Waals surface area contributed by atoms with E-state index in [1.165, 1.54) is 18.3 Å². The number of pyridine rings is 1. The molecule has 1 aromatic rings. The van der Waals surface area contributed by atoms with Gasteiger partial charge in [-0.2, -0.15) is 26.3 Å². The second-order valence-corrected chi connectivity index (χ2v) is 6.38. The molecule has 1 unspecified atom stereocenters. The molecule has 1 fully saturated rings. The van der Waals surface area contributed by atoms with Gasteiger partial charge in [0.15, 0.2) is 0 Å². The normalized spacial score (nSPS) is 21.3. The van der Waals surface area contributed by atoms with Crippen LogP contribution in [0.2, 0.25) is 0 Å². The molecule has 0 aromatic carbocycles. The van der Waals surface area contributed by atoms with Crippen molar-refractivity contribution in [2.24, 2.45) is 5.92 Å². The van der Waals surface area contributed by atoms with Crippen LogP contribution in [0.5, 0.6) is 0 Å². The molecular weight excluding hydrogens is 364 g/mol. The van der Waals surface area contributed by atoms with Crippen LogP contribution in [-0.2, 0) is 13.0 Å². The predicted octanol–water partition coefficient (Wildman–Crippen LogP) is 4.11. The first kappa shape index (κ1) is 20.3. The van der Waals surface area contributed by atoms with Gasteiger partial charge in [-0.15, -0.1) is 0 Å². The van der Waals surface area contributed by atoms with Crippen LogP contribution in [0.3, 0.4) is 0 Å². The Kier molecular flexibility index (Phi) is 6.35. The van der Waals surface area contributed by atoms with Crippen molar-refractivity contribution in [3.05, 3.63) is 29.6 Å². The van der Waals surface area contributed by atoms with Gasteiger partial charge in [-0.1, -0.05) is 6.42 Å². The third-order valence-electron chi connectivity index (χ3n) is 4.19. The van der Waals surface area contributed by atoms with Crippen LogP contribution in [0.25, 0.3) is 0 Å². The molecule has 0 radical (unpaired) electrons. The Bertz CT molecular complexity index is 617. The Morgan fingerprint density at radius 2 is 1.92 bits per heavy atom. The van der Waals surface area contributed by atoms with Gasteiger partial charge >= 0.3 is 18.4 Å².